The van der Waals surface area contributed by atoms with Crippen molar-refractivity contribution in [2.24, 2.45) is 0 Å². The lowest BCUT2D eigenvalue weighted by atomic mass is 9.98. The van der Waals surface area contributed by atoms with Gasteiger partial charge >= 0.3 is 0 Å². The fourth-order valence-corrected chi connectivity index (χ4v) is 2.53. The summed E-state index contributed by atoms with van der Waals surface area (Å²) >= 11 is 0. The van der Waals surface area contributed by atoms with E-state index in [1.807, 2.05) is 0 Å². The van der Waals surface area contributed by atoms with Gasteiger partial charge in [-0.05, 0) is 25.0 Å². The summed E-state index contributed by atoms with van der Waals surface area (Å²) in [5.74, 6) is -1.45. The molecule has 0 radical (unpaired) electrons. The molecule has 1 aromatic carbocycles. The summed E-state index contributed by atoms with van der Waals surface area (Å²) in [4.78, 5) is 22.3. The number of aliphatic hydroxyl groups is 1. The van der Waals surface area contributed by atoms with Crippen LogP contribution in [0.1, 0.15) is 36.0 Å². The van der Waals surface area contributed by atoms with Crippen LogP contribution in [0.2, 0.25) is 0 Å². The first kappa shape index (κ1) is 14.4. The summed E-state index contributed by atoms with van der Waals surface area (Å²) in [7, 11) is 0. The number of carbonyl (C=O) groups is 1. The molecule has 0 spiro atoms. The quantitative estimate of drug-likeness (QED) is 0.650. The fourth-order valence-electron chi connectivity index (χ4n) is 2.53. The topological polar surface area (TPSA) is 92.5 Å². The van der Waals surface area contributed by atoms with Gasteiger partial charge in [-0.25, -0.2) is 4.39 Å². The van der Waals surface area contributed by atoms with Crippen LogP contribution in [0, 0.1) is 15.9 Å². The Morgan fingerprint density at radius 1 is 1.45 bits per heavy atom. The number of nitrogens with one attached hydrogen (secondary N) is 1. The zero-order valence-corrected chi connectivity index (χ0v) is 10.8. The first-order valence-corrected chi connectivity index (χ1v) is 6.35. The molecule has 7 heteroatoms. The monoisotopic (exact) mass is 282 g/mol. The molecule has 0 bridgehead atoms. The Labute approximate surface area is 114 Å². The molecule has 0 aromatic heterocycles. The number of benzene rings is 1. The molecule has 6 nitrogen and oxygen atoms in total. The van der Waals surface area contributed by atoms with E-state index in [0.717, 1.165) is 31.0 Å². The third kappa shape index (κ3) is 2.77. The van der Waals surface area contributed by atoms with Gasteiger partial charge in [-0.3, -0.25) is 14.9 Å². The van der Waals surface area contributed by atoms with Crippen LogP contribution in [0.3, 0.4) is 0 Å². The molecule has 0 unspecified atom stereocenters. The summed E-state index contributed by atoms with van der Waals surface area (Å²) in [5, 5.41) is 22.9. The molecular weight excluding hydrogens is 267 g/mol. The maximum atomic E-state index is 13.2. The molecule has 1 fully saturated rings. The lowest BCUT2D eigenvalue weighted by Gasteiger charge is -2.27. The van der Waals surface area contributed by atoms with Gasteiger partial charge in [0.1, 0.15) is 11.4 Å². The summed E-state index contributed by atoms with van der Waals surface area (Å²) in [6.07, 6.45) is 2.95. The molecule has 0 aliphatic heterocycles. The first-order valence-electron chi connectivity index (χ1n) is 6.35. The Bertz CT molecular complexity index is 541. The van der Waals surface area contributed by atoms with E-state index in [-0.39, 0.29) is 12.2 Å². The van der Waals surface area contributed by atoms with Crippen LogP contribution in [0.25, 0.3) is 0 Å². The highest BCUT2D eigenvalue weighted by Gasteiger charge is 2.36. The predicted octanol–water partition coefficient (Wildman–Crippen LogP) is 1.77. The van der Waals surface area contributed by atoms with Crippen LogP contribution < -0.4 is 5.32 Å². The van der Waals surface area contributed by atoms with Crippen molar-refractivity contribution in [1.82, 2.24) is 5.32 Å². The minimum Gasteiger partial charge on any atom is -0.394 e. The lowest BCUT2D eigenvalue weighted by Crippen LogP contribution is -2.49. The zero-order chi connectivity index (χ0) is 14.8. The molecular formula is C13H15FN2O4. The van der Waals surface area contributed by atoms with Crippen molar-refractivity contribution in [1.29, 1.82) is 0 Å². The van der Waals surface area contributed by atoms with Crippen LogP contribution in [0.4, 0.5) is 10.1 Å². The number of rotatable bonds is 4. The molecule has 108 valence electrons. The molecule has 0 atom stereocenters. The molecule has 2 N–H and O–H groups in total. The van der Waals surface area contributed by atoms with Gasteiger partial charge in [-0.2, -0.15) is 0 Å². The molecule has 1 saturated carbocycles. The van der Waals surface area contributed by atoms with Gasteiger partial charge in [0.15, 0.2) is 0 Å². The highest BCUT2D eigenvalue weighted by molar-refractivity contribution is 5.98. The zero-order valence-electron chi connectivity index (χ0n) is 10.8. The minimum absolute atomic E-state index is 0.234. The van der Waals surface area contributed by atoms with Crippen molar-refractivity contribution in [2.75, 3.05) is 6.61 Å². The van der Waals surface area contributed by atoms with E-state index in [0.29, 0.717) is 12.8 Å². The van der Waals surface area contributed by atoms with Crippen molar-refractivity contribution in [3.05, 3.63) is 39.7 Å². The molecule has 20 heavy (non-hydrogen) atoms. The molecule has 0 saturated heterocycles. The number of nitro benzene ring substituents is 1. The Balaban J connectivity index is 2.29. The Morgan fingerprint density at radius 3 is 2.65 bits per heavy atom. The van der Waals surface area contributed by atoms with E-state index >= 15 is 0 Å². The van der Waals surface area contributed by atoms with Gasteiger partial charge in [-0.15, -0.1) is 0 Å². The Kier molecular flexibility index (Phi) is 3.99. The van der Waals surface area contributed by atoms with Crippen LogP contribution in [-0.2, 0) is 0 Å². The number of halogens is 1. The minimum atomic E-state index is -0.753. The summed E-state index contributed by atoms with van der Waals surface area (Å²) < 4.78 is 13.2. The first-order chi connectivity index (χ1) is 9.47. The standard InChI is InChI=1S/C13H15FN2O4/c14-9-3-4-11(16(19)20)10(7-9)12(18)15-13(8-17)5-1-2-6-13/h3-4,7,17H,1-2,5-6,8H2,(H,15,18). The number of carbonyl (C=O) groups excluding carboxylic acids is 1. The van der Waals surface area contributed by atoms with Gasteiger partial charge in [0.05, 0.1) is 17.1 Å². The molecule has 1 aliphatic rings. The Hall–Kier alpha value is -2.02. The van der Waals surface area contributed by atoms with Gasteiger partial charge in [0.25, 0.3) is 11.6 Å². The van der Waals surface area contributed by atoms with Crippen molar-refractivity contribution in [3.63, 3.8) is 0 Å². The van der Waals surface area contributed by atoms with Crippen LogP contribution in [-0.4, -0.2) is 28.1 Å². The molecule has 1 amide bonds. The molecule has 0 heterocycles. The average Bonchev–Trinajstić information content (AvgIpc) is 2.87. The van der Waals surface area contributed by atoms with Gasteiger partial charge in [-0.1, -0.05) is 12.8 Å². The third-order valence-corrected chi connectivity index (χ3v) is 3.64. The molecule has 1 aromatic rings. The second kappa shape index (κ2) is 5.54. The smallest absolute Gasteiger partial charge is 0.282 e. The number of hydrogen-bond acceptors (Lipinski definition) is 4. The van der Waals surface area contributed by atoms with Gasteiger partial charge in [0, 0.05) is 6.07 Å². The number of aliphatic hydroxyl groups excluding tert-OH is 1. The van der Waals surface area contributed by atoms with Crippen molar-refractivity contribution < 1.29 is 19.2 Å². The molecule has 1 aliphatic carbocycles. The second-order valence-electron chi connectivity index (χ2n) is 5.02. The van der Waals surface area contributed by atoms with E-state index in [2.05, 4.69) is 5.32 Å². The summed E-state index contributed by atoms with van der Waals surface area (Å²) in [5.41, 5.74) is -1.53. The SMILES string of the molecule is O=C(NC1(CO)CCCC1)c1cc(F)ccc1[N+](=O)[O-]. The Morgan fingerprint density at radius 2 is 2.10 bits per heavy atom. The maximum Gasteiger partial charge on any atom is 0.282 e. The van der Waals surface area contributed by atoms with Gasteiger partial charge < -0.3 is 10.4 Å². The third-order valence-electron chi connectivity index (χ3n) is 3.64. The predicted molar refractivity (Wildman–Crippen MR) is 68.8 cm³/mol. The van der Waals surface area contributed by atoms with Crippen LogP contribution in [0.15, 0.2) is 18.2 Å². The highest BCUT2D eigenvalue weighted by atomic mass is 19.1. The van der Waals surface area contributed by atoms with Gasteiger partial charge in [0.2, 0.25) is 0 Å². The fraction of sp³-hybridized carbons (Fsp3) is 0.462. The van der Waals surface area contributed by atoms with Crippen molar-refractivity contribution in [2.45, 2.75) is 31.2 Å². The number of hydrogen-bond donors (Lipinski definition) is 2. The van der Waals surface area contributed by atoms with Crippen molar-refractivity contribution >= 4 is 11.6 Å². The lowest BCUT2D eigenvalue weighted by molar-refractivity contribution is -0.385. The van der Waals surface area contributed by atoms with Crippen LogP contribution >= 0.6 is 0 Å². The average molecular weight is 282 g/mol. The second-order valence-corrected chi connectivity index (χ2v) is 5.02. The normalized spacial score (nSPS) is 16.9. The number of nitrogens with zero attached hydrogens (tertiary/aromatic N) is 1. The summed E-state index contributed by atoms with van der Waals surface area (Å²) in [6.45, 7) is -0.234. The largest absolute Gasteiger partial charge is 0.394 e. The van der Waals surface area contributed by atoms with E-state index in [1.54, 1.807) is 0 Å². The summed E-state index contributed by atoms with van der Waals surface area (Å²) in [6, 6.07) is 2.74. The van der Waals surface area contributed by atoms with E-state index < -0.39 is 27.9 Å². The van der Waals surface area contributed by atoms with Crippen molar-refractivity contribution in [3.8, 4) is 0 Å². The van der Waals surface area contributed by atoms with Crippen LogP contribution in [0.5, 0.6) is 0 Å². The molecule has 2 rings (SSSR count). The number of nitro groups is 1. The maximum absolute atomic E-state index is 13.2. The van der Waals surface area contributed by atoms with E-state index in [4.69, 9.17) is 0 Å². The number of amides is 1. The van der Waals surface area contributed by atoms with E-state index in [9.17, 15) is 24.4 Å². The van der Waals surface area contributed by atoms with E-state index in [1.165, 1.54) is 0 Å². The highest BCUT2D eigenvalue weighted by Crippen LogP contribution is 2.30.